The van der Waals surface area contributed by atoms with Crippen molar-refractivity contribution in [2.24, 2.45) is 0 Å². The van der Waals surface area contributed by atoms with Crippen LogP contribution >= 0.6 is 0 Å². The Morgan fingerprint density at radius 1 is 0.214 bits per heavy atom. The molecule has 0 N–H and O–H groups in total. The molecule has 0 bridgehead atoms. The topological polar surface area (TPSA) is 50.3 Å². The standard InChI is InChI=1S/C76H52N8/c1-7-25-53(26-8-1)79(54-27-9-2-10-28-54)59-43-47-72-66(49-59)63-38-20-23-41-69(63)83(72)75-52-74(81(57-33-15-5-16-34-57)61-45-46-71-65(51-61)62-37-19-22-40-68(62)82(71)58-35-17-6-18-36-58)77-76(78-75)84-70-42-24-21-39-64(70)67-50-60(44-48-73(67)84)80(55-29-11-3-12-30-55)56-31-13-4-14-32-56/h1-52H. The summed E-state index contributed by atoms with van der Waals surface area (Å²) in [4.78, 5) is 18.5. The van der Waals surface area contributed by atoms with Crippen molar-refractivity contribution in [3.8, 4) is 17.5 Å². The van der Waals surface area contributed by atoms with E-state index in [1.54, 1.807) is 0 Å². The van der Waals surface area contributed by atoms with Gasteiger partial charge in [-0.25, -0.2) is 0 Å². The van der Waals surface area contributed by atoms with E-state index in [9.17, 15) is 0 Å². The quantitative estimate of drug-likeness (QED) is 0.122. The molecule has 0 aliphatic carbocycles. The van der Waals surface area contributed by atoms with E-state index >= 15 is 0 Å². The van der Waals surface area contributed by atoms with Crippen LogP contribution in [0.1, 0.15) is 0 Å². The summed E-state index contributed by atoms with van der Waals surface area (Å²) in [6.07, 6.45) is 0. The molecule has 396 valence electrons. The van der Waals surface area contributed by atoms with Gasteiger partial charge in [-0.15, -0.1) is 0 Å². The Balaban J connectivity index is 0.959. The van der Waals surface area contributed by atoms with E-state index in [0.29, 0.717) is 11.8 Å². The van der Waals surface area contributed by atoms with Crippen molar-refractivity contribution in [3.05, 3.63) is 315 Å². The highest BCUT2D eigenvalue weighted by Crippen LogP contribution is 2.45. The molecule has 16 aromatic rings. The zero-order chi connectivity index (χ0) is 55.5. The highest BCUT2D eigenvalue weighted by Gasteiger charge is 2.26. The first kappa shape index (κ1) is 48.4. The Morgan fingerprint density at radius 3 is 0.952 bits per heavy atom. The van der Waals surface area contributed by atoms with Gasteiger partial charge in [0.2, 0.25) is 5.95 Å². The second-order valence-corrected chi connectivity index (χ2v) is 21.1. The Kier molecular flexibility index (Phi) is 11.7. The van der Waals surface area contributed by atoms with Crippen LogP contribution in [0.3, 0.4) is 0 Å². The van der Waals surface area contributed by atoms with Gasteiger partial charge in [-0.2, -0.15) is 9.97 Å². The van der Waals surface area contributed by atoms with Crippen molar-refractivity contribution in [1.82, 2.24) is 23.7 Å². The molecule has 0 unspecified atom stereocenters. The molecular formula is C76H52N8. The van der Waals surface area contributed by atoms with Crippen LogP contribution in [0.15, 0.2) is 315 Å². The molecule has 4 aromatic heterocycles. The molecule has 16 rings (SSSR count). The van der Waals surface area contributed by atoms with Gasteiger partial charge in [0.1, 0.15) is 11.6 Å². The minimum absolute atomic E-state index is 0.536. The van der Waals surface area contributed by atoms with Gasteiger partial charge < -0.3 is 14.4 Å². The molecule has 12 aromatic carbocycles. The number of anilines is 9. The molecule has 0 spiro atoms. The van der Waals surface area contributed by atoms with E-state index in [1.807, 2.05) is 0 Å². The van der Waals surface area contributed by atoms with Crippen LogP contribution < -0.4 is 14.7 Å². The van der Waals surface area contributed by atoms with Gasteiger partial charge in [-0.3, -0.25) is 14.0 Å². The number of hydrogen-bond acceptors (Lipinski definition) is 5. The minimum Gasteiger partial charge on any atom is -0.310 e. The minimum atomic E-state index is 0.536. The Hall–Kier alpha value is -11.5. The maximum Gasteiger partial charge on any atom is 0.238 e. The molecule has 84 heavy (non-hydrogen) atoms. The predicted octanol–water partition coefficient (Wildman–Crippen LogP) is 20.2. The van der Waals surface area contributed by atoms with Gasteiger partial charge in [0.25, 0.3) is 0 Å². The number of nitrogens with zero attached hydrogens (tertiary/aromatic N) is 8. The average molecular weight is 1080 g/mol. The van der Waals surface area contributed by atoms with Gasteiger partial charge in [-0.05, 0) is 146 Å². The average Bonchev–Trinajstić information content (AvgIpc) is 3.56. The largest absolute Gasteiger partial charge is 0.310 e. The van der Waals surface area contributed by atoms with Crippen molar-refractivity contribution < 1.29 is 0 Å². The molecule has 0 aliphatic heterocycles. The normalized spacial score (nSPS) is 11.6. The zero-order valence-electron chi connectivity index (χ0n) is 45.6. The number of rotatable bonds is 12. The third kappa shape index (κ3) is 8.15. The lowest BCUT2D eigenvalue weighted by Crippen LogP contribution is -2.15. The fourth-order valence-corrected chi connectivity index (χ4v) is 12.5. The first-order chi connectivity index (χ1) is 41.7. The van der Waals surface area contributed by atoms with E-state index in [0.717, 1.165) is 117 Å². The fourth-order valence-electron chi connectivity index (χ4n) is 12.5. The van der Waals surface area contributed by atoms with Gasteiger partial charge in [0.05, 0.1) is 33.1 Å². The first-order valence-electron chi connectivity index (χ1n) is 28.4. The molecule has 0 aliphatic rings. The molecule has 4 heterocycles. The lowest BCUT2D eigenvalue weighted by molar-refractivity contribution is 0.941. The molecule has 0 saturated heterocycles. The number of aromatic nitrogens is 5. The third-order valence-electron chi connectivity index (χ3n) is 16.2. The first-order valence-corrected chi connectivity index (χ1v) is 28.4. The maximum atomic E-state index is 5.79. The van der Waals surface area contributed by atoms with Crippen LogP contribution in [0.25, 0.3) is 82.9 Å². The predicted molar refractivity (Wildman–Crippen MR) is 349 cm³/mol. The molecule has 0 radical (unpaired) electrons. The summed E-state index contributed by atoms with van der Waals surface area (Å²) in [7, 11) is 0. The van der Waals surface area contributed by atoms with Crippen LogP contribution in [0.5, 0.6) is 0 Å². The van der Waals surface area contributed by atoms with E-state index in [2.05, 4.69) is 344 Å². The van der Waals surface area contributed by atoms with Gasteiger partial charge >= 0.3 is 0 Å². The van der Waals surface area contributed by atoms with Crippen molar-refractivity contribution in [2.75, 3.05) is 14.7 Å². The summed E-state index contributed by atoms with van der Waals surface area (Å²) in [5, 5.41) is 6.70. The molecule has 0 amide bonds. The summed E-state index contributed by atoms with van der Waals surface area (Å²) >= 11 is 0. The van der Waals surface area contributed by atoms with Gasteiger partial charge in [0, 0.05) is 89.6 Å². The van der Waals surface area contributed by atoms with Crippen molar-refractivity contribution in [1.29, 1.82) is 0 Å². The van der Waals surface area contributed by atoms with Crippen molar-refractivity contribution >= 4 is 117 Å². The van der Waals surface area contributed by atoms with Gasteiger partial charge in [0.15, 0.2) is 0 Å². The lowest BCUT2D eigenvalue weighted by atomic mass is 10.1. The molecule has 0 atom stereocenters. The van der Waals surface area contributed by atoms with E-state index in [1.165, 1.54) is 5.39 Å². The molecular weight excluding hydrogens is 1020 g/mol. The SMILES string of the molecule is c1ccc(N(c2ccccc2)c2ccc3c(c2)c2ccccc2n3-c2cc(N(c3ccccc3)c3ccc4c(c3)c3ccccc3n4-c3ccccc3)nc(-n3c4ccccc4c4cc(N(c5ccccc5)c5ccccc5)ccc43)n2)cc1. The summed E-state index contributed by atoms with van der Waals surface area (Å²) in [5.74, 6) is 1.96. The monoisotopic (exact) mass is 1080 g/mol. The summed E-state index contributed by atoms with van der Waals surface area (Å²) in [6.45, 7) is 0. The zero-order valence-corrected chi connectivity index (χ0v) is 45.6. The number of para-hydroxylation sites is 9. The van der Waals surface area contributed by atoms with Crippen molar-refractivity contribution in [3.63, 3.8) is 0 Å². The van der Waals surface area contributed by atoms with Gasteiger partial charge in [-0.1, -0.05) is 164 Å². The third-order valence-corrected chi connectivity index (χ3v) is 16.2. The Bertz CT molecular complexity index is 4780. The van der Waals surface area contributed by atoms with Crippen LogP contribution in [-0.2, 0) is 0 Å². The highest BCUT2D eigenvalue weighted by molar-refractivity contribution is 6.13. The van der Waals surface area contributed by atoms with Crippen LogP contribution in [0, 0.1) is 0 Å². The molecule has 0 saturated carbocycles. The van der Waals surface area contributed by atoms with Crippen molar-refractivity contribution in [2.45, 2.75) is 0 Å². The number of benzene rings is 12. The number of fused-ring (bicyclic) bond motifs is 9. The van der Waals surface area contributed by atoms with Crippen LogP contribution in [-0.4, -0.2) is 23.7 Å². The highest BCUT2D eigenvalue weighted by atomic mass is 15.3. The summed E-state index contributed by atoms with van der Waals surface area (Å²) in [6, 6.07) is 112. The van der Waals surface area contributed by atoms with E-state index in [4.69, 9.17) is 9.97 Å². The van der Waals surface area contributed by atoms with Crippen LogP contribution in [0.2, 0.25) is 0 Å². The second kappa shape index (κ2) is 20.3. The fraction of sp³-hybridized carbons (Fsp3) is 0. The Morgan fingerprint density at radius 2 is 0.524 bits per heavy atom. The van der Waals surface area contributed by atoms with E-state index < -0.39 is 0 Å². The maximum absolute atomic E-state index is 5.79. The molecule has 8 heteroatoms. The second-order valence-electron chi connectivity index (χ2n) is 21.1. The molecule has 0 fully saturated rings. The lowest BCUT2D eigenvalue weighted by Gasteiger charge is -2.26. The smallest absolute Gasteiger partial charge is 0.238 e. The van der Waals surface area contributed by atoms with Crippen LogP contribution in [0.4, 0.5) is 51.3 Å². The molecule has 8 nitrogen and oxygen atoms in total. The summed E-state index contributed by atoms with van der Waals surface area (Å²) < 4.78 is 6.93. The number of hydrogen-bond donors (Lipinski definition) is 0. The Labute approximate surface area is 485 Å². The van der Waals surface area contributed by atoms with E-state index in [-0.39, 0.29) is 0 Å². The summed E-state index contributed by atoms with van der Waals surface area (Å²) in [5.41, 5.74) is 15.7.